The molecule has 0 amide bonds. The lowest BCUT2D eigenvalue weighted by molar-refractivity contribution is -0.135. The van der Waals surface area contributed by atoms with Crippen molar-refractivity contribution in [3.8, 4) is 16.9 Å². The molecule has 0 saturated heterocycles. The monoisotopic (exact) mass is 240 g/mol. The highest BCUT2D eigenvalue weighted by atomic mass is 16.5. The number of benzene rings is 2. The number of carboxylic acids is 1. The van der Waals surface area contributed by atoms with Gasteiger partial charge in [-0.15, -0.1) is 0 Å². The molecule has 2 aromatic rings. The van der Waals surface area contributed by atoms with E-state index in [1.807, 2.05) is 42.5 Å². The van der Waals surface area contributed by atoms with E-state index in [4.69, 9.17) is 9.84 Å². The zero-order valence-electron chi connectivity index (χ0n) is 9.67. The third kappa shape index (κ3) is 2.77. The van der Waals surface area contributed by atoms with E-state index in [-0.39, 0.29) is 5.76 Å². The molecule has 3 heteroatoms. The van der Waals surface area contributed by atoms with Gasteiger partial charge in [0.2, 0.25) is 5.76 Å². The van der Waals surface area contributed by atoms with E-state index in [0.717, 1.165) is 11.1 Å². The van der Waals surface area contributed by atoms with Gasteiger partial charge in [-0.3, -0.25) is 0 Å². The molecule has 0 fully saturated rings. The van der Waals surface area contributed by atoms with Crippen molar-refractivity contribution in [2.24, 2.45) is 0 Å². The number of ether oxygens (including phenoxy) is 1. The van der Waals surface area contributed by atoms with Crippen molar-refractivity contribution in [3.05, 3.63) is 66.9 Å². The van der Waals surface area contributed by atoms with Crippen LogP contribution in [-0.4, -0.2) is 11.1 Å². The largest absolute Gasteiger partial charge is 0.475 e. The number of aliphatic carboxylic acids is 1. The molecule has 3 nitrogen and oxygen atoms in total. The Morgan fingerprint density at radius 1 is 0.944 bits per heavy atom. The van der Waals surface area contributed by atoms with Gasteiger partial charge in [0.15, 0.2) is 0 Å². The van der Waals surface area contributed by atoms with Crippen molar-refractivity contribution in [1.29, 1.82) is 0 Å². The van der Waals surface area contributed by atoms with Crippen molar-refractivity contribution in [2.45, 2.75) is 0 Å². The summed E-state index contributed by atoms with van der Waals surface area (Å²) in [5, 5.41) is 8.65. The predicted octanol–water partition coefficient (Wildman–Crippen LogP) is 3.33. The summed E-state index contributed by atoms with van der Waals surface area (Å²) in [5.74, 6) is -0.994. The van der Waals surface area contributed by atoms with Gasteiger partial charge < -0.3 is 9.84 Å². The highest BCUT2D eigenvalue weighted by Gasteiger charge is 2.06. The van der Waals surface area contributed by atoms with Crippen molar-refractivity contribution < 1.29 is 14.6 Å². The molecule has 0 saturated carbocycles. The maximum absolute atomic E-state index is 10.6. The van der Waals surface area contributed by atoms with Crippen LogP contribution in [0.15, 0.2) is 66.9 Å². The molecule has 0 bridgehead atoms. The first-order valence-electron chi connectivity index (χ1n) is 5.42. The highest BCUT2D eigenvalue weighted by Crippen LogP contribution is 2.22. The highest BCUT2D eigenvalue weighted by molar-refractivity contribution is 5.84. The summed E-state index contributed by atoms with van der Waals surface area (Å²) >= 11 is 0. The van der Waals surface area contributed by atoms with Crippen LogP contribution in [0.2, 0.25) is 0 Å². The average molecular weight is 240 g/mol. The van der Waals surface area contributed by atoms with Gasteiger partial charge in [-0.25, -0.2) is 4.79 Å². The second-order valence-corrected chi connectivity index (χ2v) is 3.72. The maximum Gasteiger partial charge on any atom is 0.371 e. The number of rotatable bonds is 4. The Kier molecular flexibility index (Phi) is 3.44. The van der Waals surface area contributed by atoms with Crippen LogP contribution in [-0.2, 0) is 4.79 Å². The van der Waals surface area contributed by atoms with Crippen LogP contribution < -0.4 is 4.74 Å². The maximum atomic E-state index is 10.6. The van der Waals surface area contributed by atoms with E-state index in [9.17, 15) is 4.79 Å². The zero-order chi connectivity index (χ0) is 13.0. The Morgan fingerprint density at radius 3 is 2.06 bits per heavy atom. The molecule has 0 aliphatic heterocycles. The van der Waals surface area contributed by atoms with Gasteiger partial charge in [0.1, 0.15) is 5.75 Å². The molecular weight excluding hydrogens is 228 g/mol. The molecule has 0 unspecified atom stereocenters. The van der Waals surface area contributed by atoms with Crippen LogP contribution in [0.1, 0.15) is 0 Å². The molecule has 0 spiro atoms. The summed E-state index contributed by atoms with van der Waals surface area (Å²) in [6.45, 7) is 3.31. The smallest absolute Gasteiger partial charge is 0.371 e. The molecule has 2 aromatic carbocycles. The standard InChI is InChI=1S/C15H12O3/c1-11(15(16)17)18-14-9-7-13(8-10-14)12-5-3-2-4-6-12/h2-10H,1H2,(H,16,17). The molecule has 0 aliphatic rings. The fraction of sp³-hybridized carbons (Fsp3) is 0. The van der Waals surface area contributed by atoms with Gasteiger partial charge in [-0.05, 0) is 29.8 Å². The van der Waals surface area contributed by atoms with Gasteiger partial charge in [-0.1, -0.05) is 42.5 Å². The van der Waals surface area contributed by atoms with Crippen molar-refractivity contribution in [3.63, 3.8) is 0 Å². The van der Waals surface area contributed by atoms with E-state index in [1.165, 1.54) is 0 Å². The van der Waals surface area contributed by atoms with Gasteiger partial charge in [0.25, 0.3) is 0 Å². The third-order valence-electron chi connectivity index (χ3n) is 2.44. The fourth-order valence-electron chi connectivity index (χ4n) is 1.53. The van der Waals surface area contributed by atoms with Gasteiger partial charge in [0.05, 0.1) is 0 Å². The molecule has 0 aromatic heterocycles. The second-order valence-electron chi connectivity index (χ2n) is 3.72. The molecule has 18 heavy (non-hydrogen) atoms. The Hall–Kier alpha value is -2.55. The summed E-state index contributed by atoms with van der Waals surface area (Å²) in [6, 6.07) is 17.1. The minimum Gasteiger partial charge on any atom is -0.475 e. The minimum absolute atomic E-state index is 0.289. The fourth-order valence-corrected chi connectivity index (χ4v) is 1.53. The number of hydrogen-bond acceptors (Lipinski definition) is 2. The number of carbonyl (C=O) groups is 1. The van der Waals surface area contributed by atoms with E-state index >= 15 is 0 Å². The van der Waals surface area contributed by atoms with Crippen LogP contribution in [0.5, 0.6) is 5.75 Å². The van der Waals surface area contributed by atoms with E-state index in [0.29, 0.717) is 5.75 Å². The first-order chi connectivity index (χ1) is 8.66. The Bertz CT molecular complexity index is 556. The summed E-state index contributed by atoms with van der Waals surface area (Å²) in [4.78, 5) is 10.6. The van der Waals surface area contributed by atoms with Gasteiger partial charge in [-0.2, -0.15) is 0 Å². The zero-order valence-corrected chi connectivity index (χ0v) is 9.67. The summed E-state index contributed by atoms with van der Waals surface area (Å²) in [7, 11) is 0. The molecule has 0 aliphatic carbocycles. The lowest BCUT2D eigenvalue weighted by Gasteiger charge is -2.06. The summed E-state index contributed by atoms with van der Waals surface area (Å²) in [5.41, 5.74) is 2.14. The van der Waals surface area contributed by atoms with Crippen molar-refractivity contribution in [2.75, 3.05) is 0 Å². The molecule has 0 radical (unpaired) electrons. The Labute approximate surface area is 105 Å². The first-order valence-corrected chi connectivity index (χ1v) is 5.42. The molecule has 2 rings (SSSR count). The summed E-state index contributed by atoms with van der Waals surface area (Å²) < 4.78 is 5.07. The third-order valence-corrected chi connectivity index (χ3v) is 2.44. The second kappa shape index (κ2) is 5.19. The van der Waals surface area contributed by atoms with E-state index in [2.05, 4.69) is 6.58 Å². The summed E-state index contributed by atoms with van der Waals surface area (Å²) in [6.07, 6.45) is 0. The molecule has 0 heterocycles. The number of hydrogen-bond donors (Lipinski definition) is 1. The van der Waals surface area contributed by atoms with E-state index < -0.39 is 5.97 Å². The topological polar surface area (TPSA) is 46.5 Å². The molecule has 1 N–H and O–H groups in total. The predicted molar refractivity (Wildman–Crippen MR) is 69.3 cm³/mol. The molecular formula is C15H12O3. The lowest BCUT2D eigenvalue weighted by Crippen LogP contribution is -2.05. The SMILES string of the molecule is C=C(Oc1ccc(-c2ccccc2)cc1)C(=O)O. The van der Waals surface area contributed by atoms with E-state index in [1.54, 1.807) is 12.1 Å². The Balaban J connectivity index is 2.16. The van der Waals surface area contributed by atoms with Crippen LogP contribution in [0, 0.1) is 0 Å². The lowest BCUT2D eigenvalue weighted by atomic mass is 10.1. The van der Waals surface area contributed by atoms with Gasteiger partial charge in [0, 0.05) is 0 Å². The van der Waals surface area contributed by atoms with Crippen LogP contribution in [0.4, 0.5) is 0 Å². The van der Waals surface area contributed by atoms with Crippen LogP contribution in [0.3, 0.4) is 0 Å². The van der Waals surface area contributed by atoms with Gasteiger partial charge >= 0.3 is 5.97 Å². The molecule has 0 atom stereocenters. The van der Waals surface area contributed by atoms with Crippen molar-refractivity contribution in [1.82, 2.24) is 0 Å². The molecule has 90 valence electrons. The van der Waals surface area contributed by atoms with Crippen LogP contribution in [0.25, 0.3) is 11.1 Å². The van der Waals surface area contributed by atoms with Crippen LogP contribution >= 0.6 is 0 Å². The number of carboxylic acid groups (broad SMARTS) is 1. The first kappa shape index (κ1) is 11.9. The minimum atomic E-state index is -1.16. The van der Waals surface area contributed by atoms with Crippen molar-refractivity contribution >= 4 is 5.97 Å². The average Bonchev–Trinajstić information content (AvgIpc) is 2.40. The Morgan fingerprint density at radius 2 is 1.50 bits per heavy atom. The quantitative estimate of drug-likeness (QED) is 0.658. The normalized spacial score (nSPS) is 9.78.